The summed E-state index contributed by atoms with van der Waals surface area (Å²) in [5, 5.41) is 10.1. The van der Waals surface area contributed by atoms with Crippen molar-refractivity contribution in [2.45, 2.75) is 6.54 Å². The SMILES string of the molecule is COC(=O)Cn1c(O)c(/C=C2\C=Nc3ccccc32)[nH]c1=O. The second kappa shape index (κ2) is 5.36. The van der Waals surface area contributed by atoms with E-state index in [9.17, 15) is 14.7 Å². The van der Waals surface area contributed by atoms with Crippen LogP contribution >= 0.6 is 0 Å². The van der Waals surface area contributed by atoms with Gasteiger partial charge in [0.15, 0.2) is 0 Å². The molecule has 0 atom stereocenters. The molecule has 1 aliphatic rings. The van der Waals surface area contributed by atoms with Crippen molar-refractivity contribution in [3.63, 3.8) is 0 Å². The Bertz CT molecular complexity index is 858. The number of allylic oxidation sites excluding steroid dienone is 1. The van der Waals surface area contributed by atoms with Gasteiger partial charge in [-0.05, 0) is 12.1 Å². The zero-order chi connectivity index (χ0) is 15.7. The molecule has 0 saturated carbocycles. The van der Waals surface area contributed by atoms with Crippen LogP contribution in [0.3, 0.4) is 0 Å². The first kappa shape index (κ1) is 13.9. The van der Waals surface area contributed by atoms with E-state index >= 15 is 0 Å². The minimum atomic E-state index is -0.622. The quantitative estimate of drug-likeness (QED) is 0.835. The number of carbonyl (C=O) groups is 1. The summed E-state index contributed by atoms with van der Waals surface area (Å²) in [6, 6.07) is 7.53. The molecule has 22 heavy (non-hydrogen) atoms. The molecule has 0 amide bonds. The number of aromatic hydroxyl groups is 1. The molecule has 0 spiro atoms. The number of ether oxygens (including phenoxy) is 1. The van der Waals surface area contributed by atoms with E-state index in [-0.39, 0.29) is 18.1 Å². The molecule has 7 heteroatoms. The average molecular weight is 299 g/mol. The molecule has 0 saturated heterocycles. The van der Waals surface area contributed by atoms with Gasteiger partial charge >= 0.3 is 11.7 Å². The molecule has 0 aliphatic carbocycles. The van der Waals surface area contributed by atoms with Crippen LogP contribution in [0, 0.1) is 0 Å². The standard InChI is InChI=1S/C15H13N3O4/c1-22-13(19)8-18-14(20)12(17-15(18)21)6-9-7-16-11-5-3-2-4-10(9)11/h2-7,20H,8H2,1H3,(H,17,21)/b9-6+. The number of hydrogen-bond donors (Lipinski definition) is 2. The number of nitrogens with zero attached hydrogens (tertiary/aromatic N) is 2. The van der Waals surface area contributed by atoms with Gasteiger partial charge in [-0.25, -0.2) is 4.79 Å². The number of fused-ring (bicyclic) bond motifs is 1. The number of rotatable bonds is 3. The Balaban J connectivity index is 2.00. The molecule has 3 rings (SSSR count). The fourth-order valence-electron chi connectivity index (χ4n) is 2.23. The number of nitrogens with one attached hydrogen (secondary N) is 1. The maximum atomic E-state index is 11.8. The normalized spacial score (nSPS) is 14.3. The van der Waals surface area contributed by atoms with E-state index in [4.69, 9.17) is 0 Å². The van der Waals surface area contributed by atoms with Crippen LogP contribution in [-0.2, 0) is 16.1 Å². The van der Waals surface area contributed by atoms with Crippen LogP contribution in [0.5, 0.6) is 5.88 Å². The first-order chi connectivity index (χ1) is 10.6. The molecule has 1 aliphatic heterocycles. The number of esters is 1. The van der Waals surface area contributed by atoms with Crippen molar-refractivity contribution in [1.29, 1.82) is 0 Å². The Morgan fingerprint density at radius 2 is 2.23 bits per heavy atom. The monoisotopic (exact) mass is 299 g/mol. The number of aromatic amines is 1. The lowest BCUT2D eigenvalue weighted by atomic mass is 10.1. The van der Waals surface area contributed by atoms with E-state index in [0.717, 1.165) is 21.4 Å². The fraction of sp³-hybridized carbons (Fsp3) is 0.133. The van der Waals surface area contributed by atoms with Crippen LogP contribution in [-0.4, -0.2) is 34.0 Å². The van der Waals surface area contributed by atoms with Crippen molar-refractivity contribution in [1.82, 2.24) is 9.55 Å². The third kappa shape index (κ3) is 2.32. The number of benzene rings is 1. The van der Waals surface area contributed by atoms with Crippen LogP contribution in [0.4, 0.5) is 5.69 Å². The highest BCUT2D eigenvalue weighted by atomic mass is 16.5. The summed E-state index contributed by atoms with van der Waals surface area (Å²) in [5.74, 6) is -0.941. The summed E-state index contributed by atoms with van der Waals surface area (Å²) >= 11 is 0. The summed E-state index contributed by atoms with van der Waals surface area (Å²) in [5.41, 5.74) is 2.12. The van der Waals surface area contributed by atoms with Gasteiger partial charge in [-0.15, -0.1) is 0 Å². The Morgan fingerprint density at radius 1 is 1.45 bits per heavy atom. The van der Waals surface area contributed by atoms with Crippen molar-refractivity contribution < 1.29 is 14.6 Å². The van der Waals surface area contributed by atoms with Gasteiger partial charge in [0.25, 0.3) is 0 Å². The van der Waals surface area contributed by atoms with Crippen LogP contribution < -0.4 is 5.69 Å². The minimum Gasteiger partial charge on any atom is -0.493 e. The zero-order valence-electron chi connectivity index (χ0n) is 11.7. The predicted molar refractivity (Wildman–Crippen MR) is 81.2 cm³/mol. The van der Waals surface area contributed by atoms with Gasteiger partial charge in [0.1, 0.15) is 12.2 Å². The molecule has 2 N–H and O–H groups in total. The summed E-state index contributed by atoms with van der Waals surface area (Å²) in [7, 11) is 1.21. The number of imidazole rings is 1. The maximum Gasteiger partial charge on any atom is 0.329 e. The van der Waals surface area contributed by atoms with Crippen molar-refractivity contribution in [3.8, 4) is 5.88 Å². The van der Waals surface area contributed by atoms with Gasteiger partial charge in [-0.3, -0.25) is 14.4 Å². The summed E-state index contributed by atoms with van der Waals surface area (Å²) < 4.78 is 5.41. The van der Waals surface area contributed by atoms with E-state index in [1.165, 1.54) is 7.11 Å². The third-order valence-corrected chi connectivity index (χ3v) is 3.36. The number of aromatic nitrogens is 2. The lowest BCUT2D eigenvalue weighted by Crippen LogP contribution is -2.22. The van der Waals surface area contributed by atoms with Crippen molar-refractivity contribution in [2.75, 3.05) is 7.11 Å². The number of aliphatic imine (C=N–C) groups is 1. The largest absolute Gasteiger partial charge is 0.493 e. The van der Waals surface area contributed by atoms with Crippen LogP contribution in [0.25, 0.3) is 11.6 Å². The number of hydrogen-bond acceptors (Lipinski definition) is 5. The molecule has 7 nitrogen and oxygen atoms in total. The van der Waals surface area contributed by atoms with Crippen LogP contribution in [0.2, 0.25) is 0 Å². The van der Waals surface area contributed by atoms with E-state index in [0.29, 0.717) is 0 Å². The summed E-state index contributed by atoms with van der Waals surface area (Å²) in [6.07, 6.45) is 3.26. The second-order valence-electron chi connectivity index (χ2n) is 4.70. The Morgan fingerprint density at radius 3 is 3.00 bits per heavy atom. The molecular weight excluding hydrogens is 286 g/mol. The van der Waals surface area contributed by atoms with E-state index in [1.54, 1.807) is 12.3 Å². The number of H-pyrrole nitrogens is 1. The minimum absolute atomic E-state index is 0.215. The topological polar surface area (TPSA) is 96.7 Å². The van der Waals surface area contributed by atoms with Gasteiger partial charge in [0.05, 0.1) is 12.8 Å². The van der Waals surface area contributed by atoms with Crippen LogP contribution in [0.15, 0.2) is 34.1 Å². The number of para-hydroxylation sites is 1. The molecule has 0 fully saturated rings. The molecular formula is C15H13N3O4. The van der Waals surface area contributed by atoms with Crippen LogP contribution in [0.1, 0.15) is 11.3 Å². The van der Waals surface area contributed by atoms with Crippen molar-refractivity contribution in [2.24, 2.45) is 4.99 Å². The predicted octanol–water partition coefficient (Wildman–Crippen LogP) is 1.31. The Labute approximate surface area is 125 Å². The first-order valence-electron chi connectivity index (χ1n) is 6.54. The highest BCUT2D eigenvalue weighted by molar-refractivity contribution is 6.21. The van der Waals surface area contributed by atoms with Gasteiger partial charge in [-0.2, -0.15) is 0 Å². The van der Waals surface area contributed by atoms with Gasteiger partial charge in [-0.1, -0.05) is 18.2 Å². The lowest BCUT2D eigenvalue weighted by Gasteiger charge is -2.01. The molecule has 1 aromatic carbocycles. The van der Waals surface area contributed by atoms with Gasteiger partial charge in [0.2, 0.25) is 5.88 Å². The highest BCUT2D eigenvalue weighted by Gasteiger charge is 2.17. The number of carbonyl (C=O) groups excluding carboxylic acids is 1. The van der Waals surface area contributed by atoms with Crippen molar-refractivity contribution >= 4 is 29.5 Å². The zero-order valence-corrected chi connectivity index (χ0v) is 11.7. The fourth-order valence-corrected chi connectivity index (χ4v) is 2.23. The highest BCUT2D eigenvalue weighted by Crippen LogP contribution is 2.32. The van der Waals surface area contributed by atoms with E-state index in [1.807, 2.05) is 24.3 Å². The lowest BCUT2D eigenvalue weighted by molar-refractivity contribution is -0.141. The molecule has 112 valence electrons. The van der Waals surface area contributed by atoms with Gasteiger partial charge < -0.3 is 14.8 Å². The second-order valence-corrected chi connectivity index (χ2v) is 4.70. The average Bonchev–Trinajstić information content (AvgIpc) is 3.04. The Kier molecular flexibility index (Phi) is 3.38. The molecule has 2 heterocycles. The third-order valence-electron chi connectivity index (χ3n) is 3.36. The smallest absolute Gasteiger partial charge is 0.329 e. The summed E-state index contributed by atoms with van der Waals surface area (Å²) in [4.78, 5) is 29.8. The summed E-state index contributed by atoms with van der Waals surface area (Å²) in [6.45, 7) is -0.356. The van der Waals surface area contributed by atoms with E-state index < -0.39 is 11.7 Å². The Hall–Kier alpha value is -3.09. The molecule has 2 aromatic rings. The van der Waals surface area contributed by atoms with E-state index in [2.05, 4.69) is 14.7 Å². The number of methoxy groups -OCH3 is 1. The maximum absolute atomic E-state index is 11.8. The molecule has 0 bridgehead atoms. The molecule has 0 unspecified atom stereocenters. The molecule has 1 aromatic heterocycles. The van der Waals surface area contributed by atoms with Crippen molar-refractivity contribution in [3.05, 3.63) is 46.0 Å². The van der Waals surface area contributed by atoms with Gasteiger partial charge in [0, 0.05) is 17.4 Å². The molecule has 0 radical (unpaired) electrons. The first-order valence-corrected chi connectivity index (χ1v) is 6.54.